The Hall–Kier alpha value is -2.91. The molecule has 186 valence electrons. The summed E-state index contributed by atoms with van der Waals surface area (Å²) in [6.45, 7) is -0.327. The summed E-state index contributed by atoms with van der Waals surface area (Å²) in [5.41, 5.74) is 0.564. The minimum absolute atomic E-state index is 0.0649. The molecule has 3 fully saturated rings. The standard InChI is InChI=1S/C25H25ClF2N2O5/c26-14-1-4-22-16(7-14)21(31)10-23(35-22)25(33)30-20-9-19(12-5-13(20)6-12)29-24(32)11-34-15-2-3-17(27)18(28)8-15/h1-4,7-8,12-13,19-21,23,31H,5-6,9-11H2,(H,29,32)(H,30,33)/t12?,13?,19?,20?,21-,23-/m0/s1. The van der Waals surface area contributed by atoms with E-state index in [9.17, 15) is 23.5 Å². The molecule has 6 rings (SSSR count). The number of aliphatic hydroxyl groups excluding tert-OH is 1. The Morgan fingerprint density at radius 3 is 2.49 bits per heavy atom. The van der Waals surface area contributed by atoms with Crippen molar-refractivity contribution in [2.75, 3.05) is 6.61 Å². The SMILES string of the molecule is O=C(COc1ccc(F)c(F)c1)NC1CC(NC(=O)[C@@H]2C[C@H](O)c3cc(Cl)ccc3O2)C2CC1C2. The molecule has 3 aliphatic carbocycles. The zero-order valence-electron chi connectivity index (χ0n) is 18.7. The Kier molecular flexibility index (Phi) is 6.55. The van der Waals surface area contributed by atoms with Gasteiger partial charge in [0.1, 0.15) is 11.5 Å². The molecule has 2 aromatic rings. The van der Waals surface area contributed by atoms with E-state index in [0.717, 1.165) is 25.0 Å². The average Bonchev–Trinajstić information content (AvgIpc) is 2.79. The van der Waals surface area contributed by atoms with Crippen molar-refractivity contribution in [2.24, 2.45) is 11.8 Å². The summed E-state index contributed by atoms with van der Waals surface area (Å²) in [6, 6.07) is 7.75. The number of rotatable bonds is 6. The smallest absolute Gasteiger partial charge is 0.261 e. The number of ether oxygens (including phenoxy) is 2. The van der Waals surface area contributed by atoms with Crippen LogP contribution < -0.4 is 20.1 Å². The minimum Gasteiger partial charge on any atom is -0.484 e. The maximum atomic E-state index is 13.3. The van der Waals surface area contributed by atoms with Crippen LogP contribution in [0.4, 0.5) is 8.78 Å². The molecule has 1 aliphatic heterocycles. The third-order valence-corrected chi connectivity index (χ3v) is 7.36. The van der Waals surface area contributed by atoms with Crippen molar-refractivity contribution in [1.82, 2.24) is 10.6 Å². The van der Waals surface area contributed by atoms with E-state index >= 15 is 0 Å². The van der Waals surface area contributed by atoms with E-state index in [1.807, 2.05) is 0 Å². The predicted octanol–water partition coefficient (Wildman–Crippen LogP) is 3.28. The normalized spacial score (nSPS) is 28.7. The Morgan fingerprint density at radius 1 is 1.00 bits per heavy atom. The van der Waals surface area contributed by atoms with Gasteiger partial charge in [-0.25, -0.2) is 8.78 Å². The van der Waals surface area contributed by atoms with E-state index in [1.54, 1.807) is 18.2 Å². The van der Waals surface area contributed by atoms with Crippen LogP contribution in [0.2, 0.25) is 5.02 Å². The molecule has 0 spiro atoms. The van der Waals surface area contributed by atoms with Gasteiger partial charge < -0.3 is 25.2 Å². The van der Waals surface area contributed by atoms with E-state index in [1.165, 1.54) is 6.07 Å². The van der Waals surface area contributed by atoms with Crippen LogP contribution in [0.3, 0.4) is 0 Å². The van der Waals surface area contributed by atoms with Gasteiger partial charge >= 0.3 is 0 Å². The minimum atomic E-state index is -1.05. The number of carbonyl (C=O) groups is 2. The maximum absolute atomic E-state index is 13.3. The molecule has 0 radical (unpaired) electrons. The van der Waals surface area contributed by atoms with Crippen molar-refractivity contribution in [3.8, 4) is 11.5 Å². The number of carbonyl (C=O) groups excluding carboxylic acids is 2. The second-order valence-corrected chi connectivity index (χ2v) is 9.86. The van der Waals surface area contributed by atoms with Gasteiger partial charge in [0.25, 0.3) is 11.8 Å². The molecule has 3 N–H and O–H groups in total. The molecule has 7 nitrogen and oxygen atoms in total. The van der Waals surface area contributed by atoms with Gasteiger partial charge in [0.15, 0.2) is 24.3 Å². The highest BCUT2D eigenvalue weighted by atomic mass is 35.5. The Bertz CT molecular complexity index is 1140. The topological polar surface area (TPSA) is 96.9 Å². The van der Waals surface area contributed by atoms with Crippen LogP contribution >= 0.6 is 11.6 Å². The second-order valence-electron chi connectivity index (χ2n) is 9.42. The summed E-state index contributed by atoms with van der Waals surface area (Å²) >= 11 is 5.99. The molecule has 4 atom stereocenters. The van der Waals surface area contributed by atoms with Crippen molar-refractivity contribution in [3.63, 3.8) is 0 Å². The van der Waals surface area contributed by atoms with E-state index < -0.39 is 23.8 Å². The molecule has 2 aromatic carbocycles. The molecule has 2 unspecified atom stereocenters. The van der Waals surface area contributed by atoms with Crippen molar-refractivity contribution in [3.05, 3.63) is 58.6 Å². The van der Waals surface area contributed by atoms with Gasteiger partial charge in [0, 0.05) is 35.2 Å². The zero-order chi connectivity index (χ0) is 24.7. The van der Waals surface area contributed by atoms with Crippen LogP contribution in [0.25, 0.3) is 0 Å². The molecule has 2 bridgehead atoms. The fraction of sp³-hybridized carbons (Fsp3) is 0.440. The van der Waals surface area contributed by atoms with E-state index in [4.69, 9.17) is 21.1 Å². The maximum Gasteiger partial charge on any atom is 0.261 e. The van der Waals surface area contributed by atoms with Gasteiger partial charge in [-0.1, -0.05) is 11.6 Å². The molecule has 10 heteroatoms. The summed E-state index contributed by atoms with van der Waals surface area (Å²) in [4.78, 5) is 25.4. The summed E-state index contributed by atoms with van der Waals surface area (Å²) < 4.78 is 37.4. The largest absolute Gasteiger partial charge is 0.484 e. The Balaban J connectivity index is 1.14. The number of halogens is 3. The average molecular weight is 507 g/mol. The van der Waals surface area contributed by atoms with Crippen molar-refractivity contribution >= 4 is 23.4 Å². The summed E-state index contributed by atoms with van der Waals surface area (Å²) in [6.07, 6.45) is 0.786. The van der Waals surface area contributed by atoms with Gasteiger partial charge in [-0.05, 0) is 61.4 Å². The first-order valence-corrected chi connectivity index (χ1v) is 12.0. The van der Waals surface area contributed by atoms with Crippen LogP contribution in [-0.4, -0.2) is 41.7 Å². The number of amides is 2. The lowest BCUT2D eigenvalue weighted by atomic mass is 9.60. The van der Waals surface area contributed by atoms with E-state index in [0.29, 0.717) is 34.6 Å². The summed E-state index contributed by atoms with van der Waals surface area (Å²) in [7, 11) is 0. The lowest BCUT2D eigenvalue weighted by Gasteiger charge is -2.51. The fourth-order valence-electron chi connectivity index (χ4n) is 5.20. The summed E-state index contributed by atoms with van der Waals surface area (Å²) in [5.74, 6) is -1.55. The van der Waals surface area contributed by atoms with Gasteiger partial charge in [-0.15, -0.1) is 0 Å². The molecule has 0 saturated heterocycles. The highest BCUT2D eigenvalue weighted by molar-refractivity contribution is 6.30. The zero-order valence-corrected chi connectivity index (χ0v) is 19.4. The van der Waals surface area contributed by atoms with Crippen LogP contribution in [0, 0.1) is 23.5 Å². The van der Waals surface area contributed by atoms with Crippen molar-refractivity contribution < 1.29 is 33.0 Å². The number of benzene rings is 2. The van der Waals surface area contributed by atoms with Crippen LogP contribution in [0.1, 0.15) is 37.4 Å². The lowest BCUT2D eigenvalue weighted by molar-refractivity contribution is -0.133. The molecular formula is C25H25ClF2N2O5. The number of aliphatic hydroxyl groups is 1. The van der Waals surface area contributed by atoms with Crippen LogP contribution in [-0.2, 0) is 9.59 Å². The lowest BCUT2D eigenvalue weighted by Crippen LogP contribution is -2.61. The van der Waals surface area contributed by atoms with Crippen molar-refractivity contribution in [2.45, 2.75) is 50.0 Å². The number of fused-ring (bicyclic) bond motifs is 3. The Labute approximate surface area is 205 Å². The Morgan fingerprint density at radius 2 is 1.74 bits per heavy atom. The quantitative estimate of drug-likeness (QED) is 0.559. The first-order chi connectivity index (χ1) is 16.8. The van der Waals surface area contributed by atoms with Crippen molar-refractivity contribution in [1.29, 1.82) is 0 Å². The fourth-order valence-corrected chi connectivity index (χ4v) is 5.38. The number of nitrogens with one attached hydrogen (secondary N) is 2. The molecule has 0 aromatic heterocycles. The van der Waals surface area contributed by atoms with Gasteiger partial charge in [0.05, 0.1) is 6.10 Å². The predicted molar refractivity (Wildman–Crippen MR) is 122 cm³/mol. The molecular weight excluding hydrogens is 482 g/mol. The molecule has 35 heavy (non-hydrogen) atoms. The highest BCUT2D eigenvalue weighted by Crippen LogP contribution is 2.46. The highest BCUT2D eigenvalue weighted by Gasteiger charge is 2.47. The molecule has 3 saturated carbocycles. The molecule has 2 amide bonds. The van der Waals surface area contributed by atoms with Gasteiger partial charge in [-0.3, -0.25) is 9.59 Å². The first kappa shape index (κ1) is 23.8. The molecule has 4 aliphatic rings. The number of hydrogen-bond acceptors (Lipinski definition) is 5. The van der Waals surface area contributed by atoms with Gasteiger partial charge in [-0.2, -0.15) is 0 Å². The van der Waals surface area contributed by atoms with Gasteiger partial charge in [0.2, 0.25) is 0 Å². The summed E-state index contributed by atoms with van der Waals surface area (Å²) in [5, 5.41) is 16.9. The van der Waals surface area contributed by atoms with E-state index in [2.05, 4.69) is 10.6 Å². The van der Waals surface area contributed by atoms with Crippen LogP contribution in [0.15, 0.2) is 36.4 Å². The number of hydrogen-bond donors (Lipinski definition) is 3. The third-order valence-electron chi connectivity index (χ3n) is 7.12. The second kappa shape index (κ2) is 9.62. The van der Waals surface area contributed by atoms with Crippen LogP contribution in [0.5, 0.6) is 11.5 Å². The molecule has 1 heterocycles. The van der Waals surface area contributed by atoms with E-state index in [-0.39, 0.29) is 42.7 Å². The monoisotopic (exact) mass is 506 g/mol. The first-order valence-electron chi connectivity index (χ1n) is 11.6. The third kappa shape index (κ3) is 5.06.